The van der Waals surface area contributed by atoms with Crippen LogP contribution in [0, 0.1) is 0 Å². The Labute approximate surface area is 176 Å². The fourth-order valence-electron chi connectivity index (χ4n) is 3.19. The predicted octanol–water partition coefficient (Wildman–Crippen LogP) is 5.82. The van der Waals surface area contributed by atoms with Gasteiger partial charge in [0.1, 0.15) is 0 Å². The lowest BCUT2D eigenvalue weighted by molar-refractivity contribution is 0.0998. The number of carbonyl (C=O) groups excluding carboxylic acids is 1. The van der Waals surface area contributed by atoms with Crippen LogP contribution in [0.25, 0.3) is 10.2 Å². The van der Waals surface area contributed by atoms with Gasteiger partial charge in [-0.15, -0.1) is 0 Å². The summed E-state index contributed by atoms with van der Waals surface area (Å²) in [7, 11) is 0. The number of halogens is 1. The molecule has 3 nitrogen and oxygen atoms in total. The molecule has 1 amide bonds. The minimum Gasteiger partial charge on any atom is -0.317 e. The predicted molar refractivity (Wildman–Crippen MR) is 119 cm³/mol. The average Bonchev–Trinajstić information content (AvgIpc) is 3.05. The summed E-state index contributed by atoms with van der Waals surface area (Å²) in [6, 6.07) is 24.2. The van der Waals surface area contributed by atoms with E-state index in [4.69, 9.17) is 0 Å². The van der Waals surface area contributed by atoms with Gasteiger partial charge in [0.25, 0.3) is 5.91 Å². The number of aryl methyl sites for hydroxylation is 1. The fourth-order valence-corrected chi connectivity index (χ4v) is 4.83. The number of rotatable bonds is 4. The molecule has 28 heavy (non-hydrogen) atoms. The first-order valence-corrected chi connectivity index (χ1v) is 10.8. The van der Waals surface area contributed by atoms with Crippen molar-refractivity contribution < 1.29 is 4.79 Å². The molecule has 0 bridgehead atoms. The van der Waals surface area contributed by atoms with Gasteiger partial charge in [0.2, 0.25) is 0 Å². The first-order valence-electron chi connectivity index (χ1n) is 9.15. The molecule has 0 atom stereocenters. The van der Waals surface area contributed by atoms with Gasteiger partial charge in [-0.1, -0.05) is 69.7 Å². The number of fused-ring (bicyclic) bond motifs is 1. The molecule has 0 saturated heterocycles. The minimum absolute atomic E-state index is 0.209. The number of aromatic nitrogens is 1. The molecule has 0 radical (unpaired) electrons. The zero-order valence-corrected chi connectivity index (χ0v) is 17.8. The number of nitrogens with zero attached hydrogens (tertiary/aromatic N) is 2. The second-order valence-electron chi connectivity index (χ2n) is 6.52. The van der Waals surface area contributed by atoms with E-state index in [1.54, 1.807) is 0 Å². The molecule has 5 heteroatoms. The summed E-state index contributed by atoms with van der Waals surface area (Å²) in [5.41, 5.74) is 4.14. The summed E-state index contributed by atoms with van der Waals surface area (Å²) in [5, 5.41) is 0. The highest BCUT2D eigenvalue weighted by Gasteiger charge is 2.09. The van der Waals surface area contributed by atoms with Crippen LogP contribution in [0.3, 0.4) is 0 Å². The van der Waals surface area contributed by atoms with Crippen LogP contribution < -0.4 is 4.80 Å². The van der Waals surface area contributed by atoms with Crippen molar-refractivity contribution in [2.45, 2.75) is 19.9 Å². The Morgan fingerprint density at radius 3 is 2.43 bits per heavy atom. The standard InChI is InChI=1S/C23H19BrN2OS/c1-2-26-20-13-12-19(24)15-21(20)28-23(26)25-22(27)18-10-8-17(9-11-18)14-16-6-4-3-5-7-16/h3-13,15H,2,14H2,1H3. The first-order chi connectivity index (χ1) is 13.6. The summed E-state index contributed by atoms with van der Waals surface area (Å²) in [6.07, 6.45) is 0.855. The number of hydrogen-bond acceptors (Lipinski definition) is 2. The summed E-state index contributed by atoms with van der Waals surface area (Å²) < 4.78 is 4.21. The monoisotopic (exact) mass is 450 g/mol. The van der Waals surface area contributed by atoms with Crippen LogP contribution in [-0.4, -0.2) is 10.5 Å². The molecule has 1 aromatic heterocycles. The molecular formula is C23H19BrN2OS. The Hall–Kier alpha value is -2.50. The topological polar surface area (TPSA) is 34.4 Å². The molecule has 1 heterocycles. The minimum atomic E-state index is -0.209. The van der Waals surface area contributed by atoms with Gasteiger partial charge in [0.15, 0.2) is 4.80 Å². The van der Waals surface area contributed by atoms with Crippen LogP contribution in [0.2, 0.25) is 0 Å². The van der Waals surface area contributed by atoms with Gasteiger partial charge in [-0.3, -0.25) is 4.79 Å². The van der Waals surface area contributed by atoms with Gasteiger partial charge in [-0.2, -0.15) is 4.99 Å². The molecule has 0 saturated carbocycles. The zero-order valence-electron chi connectivity index (χ0n) is 15.4. The van der Waals surface area contributed by atoms with Gasteiger partial charge in [0.05, 0.1) is 10.2 Å². The van der Waals surface area contributed by atoms with Crippen molar-refractivity contribution in [3.05, 3.63) is 98.8 Å². The first kappa shape index (κ1) is 18.8. The largest absolute Gasteiger partial charge is 0.317 e. The molecule has 0 aliphatic heterocycles. The molecular weight excluding hydrogens is 432 g/mol. The lowest BCUT2D eigenvalue weighted by Crippen LogP contribution is -2.15. The Bertz CT molecular complexity index is 1190. The van der Waals surface area contributed by atoms with E-state index >= 15 is 0 Å². The van der Waals surface area contributed by atoms with Crippen LogP contribution in [0.15, 0.2) is 82.3 Å². The molecule has 0 N–H and O–H groups in total. The second-order valence-corrected chi connectivity index (χ2v) is 8.44. The zero-order chi connectivity index (χ0) is 19.5. The van der Waals surface area contributed by atoms with Crippen molar-refractivity contribution >= 4 is 43.4 Å². The van der Waals surface area contributed by atoms with E-state index in [9.17, 15) is 4.79 Å². The third-order valence-corrected chi connectivity index (χ3v) is 6.14. The highest BCUT2D eigenvalue weighted by molar-refractivity contribution is 9.10. The number of amides is 1. The van der Waals surface area contributed by atoms with E-state index in [1.165, 1.54) is 22.5 Å². The van der Waals surface area contributed by atoms with Gasteiger partial charge in [-0.05, 0) is 54.8 Å². The normalized spacial score (nSPS) is 11.9. The lowest BCUT2D eigenvalue weighted by atomic mass is 10.0. The SMILES string of the molecule is CCn1c(=NC(=O)c2ccc(Cc3ccccc3)cc2)sc2cc(Br)ccc21. The molecule has 4 rings (SSSR count). The van der Waals surface area contributed by atoms with E-state index < -0.39 is 0 Å². The highest BCUT2D eigenvalue weighted by Crippen LogP contribution is 2.22. The van der Waals surface area contributed by atoms with Crippen molar-refractivity contribution in [3.8, 4) is 0 Å². The summed E-state index contributed by atoms with van der Waals surface area (Å²) >= 11 is 5.04. The number of hydrogen-bond donors (Lipinski definition) is 0. The van der Waals surface area contributed by atoms with Gasteiger partial charge in [-0.25, -0.2) is 0 Å². The van der Waals surface area contributed by atoms with E-state index in [0.29, 0.717) is 5.56 Å². The van der Waals surface area contributed by atoms with Crippen LogP contribution in [0.1, 0.15) is 28.4 Å². The average molecular weight is 451 g/mol. The van der Waals surface area contributed by atoms with E-state index in [-0.39, 0.29) is 5.91 Å². The number of thiazole rings is 1. The highest BCUT2D eigenvalue weighted by atomic mass is 79.9. The molecule has 0 unspecified atom stereocenters. The fraction of sp³-hybridized carbons (Fsp3) is 0.130. The molecule has 0 spiro atoms. The second kappa shape index (κ2) is 8.25. The van der Waals surface area contributed by atoms with E-state index in [1.807, 2.05) is 48.5 Å². The molecule has 140 valence electrons. The van der Waals surface area contributed by atoms with Crippen LogP contribution in [-0.2, 0) is 13.0 Å². The van der Waals surface area contributed by atoms with Crippen molar-refractivity contribution in [2.75, 3.05) is 0 Å². The maximum atomic E-state index is 12.7. The number of benzene rings is 3. The molecule has 4 aromatic rings. The quantitative estimate of drug-likeness (QED) is 0.385. The Kier molecular flexibility index (Phi) is 5.55. The molecule has 0 aliphatic carbocycles. The Morgan fingerprint density at radius 1 is 1.00 bits per heavy atom. The summed E-state index contributed by atoms with van der Waals surface area (Å²) in [6.45, 7) is 2.83. The summed E-state index contributed by atoms with van der Waals surface area (Å²) in [5.74, 6) is -0.209. The molecule has 3 aromatic carbocycles. The maximum Gasteiger partial charge on any atom is 0.279 e. The third kappa shape index (κ3) is 4.01. The molecule has 0 aliphatic rings. The Balaban J connectivity index is 1.62. The van der Waals surface area contributed by atoms with E-state index in [2.05, 4.69) is 56.7 Å². The van der Waals surface area contributed by atoms with Crippen molar-refractivity contribution in [1.82, 2.24) is 4.57 Å². The smallest absolute Gasteiger partial charge is 0.279 e. The molecule has 0 fully saturated rings. The van der Waals surface area contributed by atoms with Crippen LogP contribution >= 0.6 is 27.3 Å². The number of carbonyl (C=O) groups is 1. The van der Waals surface area contributed by atoms with Crippen molar-refractivity contribution in [2.24, 2.45) is 4.99 Å². The van der Waals surface area contributed by atoms with Gasteiger partial charge >= 0.3 is 0 Å². The summed E-state index contributed by atoms with van der Waals surface area (Å²) in [4.78, 5) is 17.9. The lowest BCUT2D eigenvalue weighted by Gasteiger charge is -2.03. The van der Waals surface area contributed by atoms with Crippen LogP contribution in [0.5, 0.6) is 0 Å². The van der Waals surface area contributed by atoms with Gasteiger partial charge < -0.3 is 4.57 Å². The third-order valence-electron chi connectivity index (χ3n) is 4.61. The Morgan fingerprint density at radius 2 is 1.71 bits per heavy atom. The van der Waals surface area contributed by atoms with Crippen molar-refractivity contribution in [3.63, 3.8) is 0 Å². The van der Waals surface area contributed by atoms with Crippen LogP contribution in [0.4, 0.5) is 0 Å². The van der Waals surface area contributed by atoms with Gasteiger partial charge in [0, 0.05) is 16.6 Å². The van der Waals surface area contributed by atoms with Crippen molar-refractivity contribution in [1.29, 1.82) is 0 Å². The van der Waals surface area contributed by atoms with E-state index in [0.717, 1.165) is 32.5 Å². The maximum absolute atomic E-state index is 12.7.